The Morgan fingerprint density at radius 3 is 2.86 bits per heavy atom. The first-order valence-corrected chi connectivity index (χ1v) is 7.71. The molecule has 0 bridgehead atoms. The van der Waals surface area contributed by atoms with E-state index in [1.165, 1.54) is 11.3 Å². The summed E-state index contributed by atoms with van der Waals surface area (Å²) in [7, 11) is 0. The number of aromatic hydroxyl groups is 1. The van der Waals surface area contributed by atoms with Crippen LogP contribution in [0.15, 0.2) is 51.2 Å². The van der Waals surface area contributed by atoms with E-state index in [0.717, 1.165) is 27.4 Å². The molecule has 0 radical (unpaired) electrons. The number of allylic oxidation sites excluding steroid dienone is 1. The van der Waals surface area contributed by atoms with Crippen molar-refractivity contribution in [1.82, 2.24) is 4.98 Å². The highest BCUT2D eigenvalue weighted by Gasteiger charge is 2.20. The molecule has 5 heteroatoms. The minimum atomic E-state index is -0.173. The Kier molecular flexibility index (Phi) is 2.94. The largest absolute Gasteiger partial charge is 0.479 e. The molecule has 0 unspecified atom stereocenters. The van der Waals surface area contributed by atoms with E-state index in [1.54, 1.807) is 0 Å². The summed E-state index contributed by atoms with van der Waals surface area (Å²) in [5, 5.41) is 12.0. The maximum Gasteiger partial charge on any atom is 0.310 e. The van der Waals surface area contributed by atoms with Crippen LogP contribution in [0.5, 0.6) is 5.95 Å². The third kappa shape index (κ3) is 2.07. The summed E-state index contributed by atoms with van der Waals surface area (Å²) in [6, 6.07) is 11.7. The van der Waals surface area contributed by atoms with E-state index in [2.05, 4.69) is 9.98 Å². The highest BCUT2D eigenvalue weighted by molar-refractivity contribution is 7.13. The van der Waals surface area contributed by atoms with Gasteiger partial charge in [0.1, 0.15) is 5.69 Å². The van der Waals surface area contributed by atoms with Gasteiger partial charge in [-0.05, 0) is 30.5 Å². The van der Waals surface area contributed by atoms with Gasteiger partial charge >= 0.3 is 5.95 Å². The molecule has 0 atom stereocenters. The number of oxazole rings is 1. The van der Waals surface area contributed by atoms with Gasteiger partial charge in [-0.2, -0.15) is 0 Å². The quantitative estimate of drug-likeness (QED) is 0.743. The number of para-hydroxylation sites is 1. The lowest BCUT2D eigenvalue weighted by molar-refractivity contribution is 0.337. The van der Waals surface area contributed by atoms with Crippen LogP contribution < -0.4 is 0 Å². The lowest BCUT2D eigenvalue weighted by Gasteiger charge is -1.99. The van der Waals surface area contributed by atoms with Gasteiger partial charge in [0, 0.05) is 16.8 Å². The van der Waals surface area contributed by atoms with Gasteiger partial charge in [0.05, 0.1) is 10.6 Å². The number of aliphatic imine (C=N–C) groups is 1. The van der Waals surface area contributed by atoms with Crippen LogP contribution in [0, 0.1) is 0 Å². The van der Waals surface area contributed by atoms with Crippen LogP contribution in [0.2, 0.25) is 0 Å². The molecule has 4 rings (SSSR count). The lowest BCUT2D eigenvalue weighted by Crippen LogP contribution is -1.90. The molecule has 1 N–H and O–H groups in total. The smallest absolute Gasteiger partial charge is 0.310 e. The van der Waals surface area contributed by atoms with E-state index in [4.69, 9.17) is 4.42 Å². The van der Waals surface area contributed by atoms with Crippen LogP contribution >= 0.6 is 11.3 Å². The number of nitrogens with zero attached hydrogens (tertiary/aromatic N) is 2. The number of hydrogen-bond donors (Lipinski definition) is 1. The molecule has 0 amide bonds. The first-order chi connectivity index (χ1) is 10.7. The molecule has 22 heavy (non-hydrogen) atoms. The van der Waals surface area contributed by atoms with Gasteiger partial charge in [0.15, 0.2) is 0 Å². The molecular formula is C17H12N2O2S. The topological polar surface area (TPSA) is 58.6 Å². The fourth-order valence-corrected chi connectivity index (χ4v) is 3.13. The second-order valence-electron chi connectivity index (χ2n) is 4.96. The Morgan fingerprint density at radius 1 is 1.18 bits per heavy atom. The summed E-state index contributed by atoms with van der Waals surface area (Å²) in [5.41, 5.74) is 4.26. The Labute approximate surface area is 131 Å². The fraction of sp³-hybridized carbons (Fsp3) is 0.0588. The van der Waals surface area contributed by atoms with Gasteiger partial charge in [-0.25, -0.2) is 4.98 Å². The lowest BCUT2D eigenvalue weighted by atomic mass is 10.0. The Morgan fingerprint density at radius 2 is 2.05 bits per heavy atom. The minimum absolute atomic E-state index is 0.173. The standard InChI is InChI=1S/C17H12N2O2S/c1-10-12(11-5-2-3-6-13(11)18-10)9-14-17(20)21-16(19-14)15-7-4-8-22-15/h2-9,20H,1H3/b12-9+. The molecule has 1 aliphatic rings. The molecule has 1 aliphatic heterocycles. The van der Waals surface area contributed by atoms with E-state index in [9.17, 15) is 5.11 Å². The average molecular weight is 308 g/mol. The van der Waals surface area contributed by atoms with Crippen molar-refractivity contribution in [3.63, 3.8) is 0 Å². The molecule has 4 nitrogen and oxygen atoms in total. The Balaban J connectivity index is 1.80. The Hall–Kier alpha value is -2.66. The van der Waals surface area contributed by atoms with Crippen molar-refractivity contribution in [1.29, 1.82) is 0 Å². The SMILES string of the molecule is CC1=Nc2ccccc2/C1=C/c1nc(-c2cccs2)oc1O. The van der Waals surface area contributed by atoms with Crippen molar-refractivity contribution in [2.24, 2.45) is 4.99 Å². The number of rotatable bonds is 2. The van der Waals surface area contributed by atoms with Gasteiger partial charge in [-0.3, -0.25) is 4.99 Å². The van der Waals surface area contributed by atoms with E-state index in [0.29, 0.717) is 11.6 Å². The second-order valence-corrected chi connectivity index (χ2v) is 5.91. The molecule has 2 aromatic heterocycles. The van der Waals surface area contributed by atoms with Crippen LogP contribution in [-0.2, 0) is 0 Å². The van der Waals surface area contributed by atoms with Gasteiger partial charge in [-0.15, -0.1) is 11.3 Å². The molecule has 0 saturated carbocycles. The normalized spacial score (nSPS) is 15.1. The zero-order chi connectivity index (χ0) is 15.1. The van der Waals surface area contributed by atoms with Crippen LogP contribution in [0.4, 0.5) is 5.69 Å². The summed E-state index contributed by atoms with van der Waals surface area (Å²) in [6.07, 6.45) is 1.82. The second kappa shape index (κ2) is 4.96. The average Bonchev–Trinajstić information content (AvgIpc) is 3.21. The van der Waals surface area contributed by atoms with Gasteiger partial charge in [0.25, 0.3) is 0 Å². The minimum Gasteiger partial charge on any atom is -0.479 e. The van der Waals surface area contributed by atoms with Crippen LogP contribution in [0.1, 0.15) is 18.2 Å². The fourth-order valence-electron chi connectivity index (χ4n) is 2.48. The maximum atomic E-state index is 10.0. The zero-order valence-corrected chi connectivity index (χ0v) is 12.6. The number of hydrogen-bond acceptors (Lipinski definition) is 5. The third-order valence-electron chi connectivity index (χ3n) is 3.52. The molecule has 0 aliphatic carbocycles. The molecular weight excluding hydrogens is 296 g/mol. The summed E-state index contributed by atoms with van der Waals surface area (Å²) in [6.45, 7) is 1.95. The molecule has 3 heterocycles. The summed E-state index contributed by atoms with van der Waals surface area (Å²) < 4.78 is 5.36. The van der Waals surface area contributed by atoms with Crippen LogP contribution in [-0.4, -0.2) is 15.8 Å². The number of benzene rings is 1. The number of fused-ring (bicyclic) bond motifs is 1. The molecule has 0 fully saturated rings. The first kappa shape index (κ1) is 13.0. The van der Waals surface area contributed by atoms with Crippen molar-refractivity contribution in [2.45, 2.75) is 6.92 Å². The van der Waals surface area contributed by atoms with Crippen molar-refractivity contribution < 1.29 is 9.52 Å². The Bertz CT molecular complexity index is 905. The van der Waals surface area contributed by atoms with E-state index >= 15 is 0 Å². The first-order valence-electron chi connectivity index (χ1n) is 6.83. The van der Waals surface area contributed by atoms with Crippen molar-refractivity contribution in [3.8, 4) is 16.7 Å². The van der Waals surface area contributed by atoms with Crippen LogP contribution in [0.3, 0.4) is 0 Å². The van der Waals surface area contributed by atoms with E-state index < -0.39 is 0 Å². The monoisotopic (exact) mass is 308 g/mol. The molecule has 3 aromatic rings. The van der Waals surface area contributed by atoms with Crippen molar-refractivity contribution in [3.05, 3.63) is 53.0 Å². The summed E-state index contributed by atoms with van der Waals surface area (Å²) >= 11 is 1.52. The highest BCUT2D eigenvalue weighted by atomic mass is 32.1. The van der Waals surface area contributed by atoms with Crippen molar-refractivity contribution >= 4 is 34.4 Å². The summed E-state index contributed by atoms with van der Waals surface area (Å²) in [4.78, 5) is 9.80. The van der Waals surface area contributed by atoms with E-state index in [-0.39, 0.29) is 5.95 Å². The third-order valence-corrected chi connectivity index (χ3v) is 4.38. The van der Waals surface area contributed by atoms with Crippen LogP contribution in [0.25, 0.3) is 22.4 Å². The predicted molar refractivity (Wildman–Crippen MR) is 88.6 cm³/mol. The number of thiophene rings is 1. The summed E-state index contributed by atoms with van der Waals surface area (Å²) in [5.74, 6) is 0.258. The maximum absolute atomic E-state index is 10.0. The van der Waals surface area contributed by atoms with Gasteiger partial charge in [0.2, 0.25) is 5.89 Å². The number of aromatic nitrogens is 1. The highest BCUT2D eigenvalue weighted by Crippen LogP contribution is 2.37. The molecule has 0 saturated heterocycles. The van der Waals surface area contributed by atoms with Gasteiger partial charge in [-0.1, -0.05) is 24.3 Å². The van der Waals surface area contributed by atoms with E-state index in [1.807, 2.05) is 54.8 Å². The van der Waals surface area contributed by atoms with Gasteiger partial charge < -0.3 is 9.52 Å². The zero-order valence-electron chi connectivity index (χ0n) is 11.8. The van der Waals surface area contributed by atoms with Crippen molar-refractivity contribution in [2.75, 3.05) is 0 Å². The predicted octanol–water partition coefficient (Wildman–Crippen LogP) is 4.76. The molecule has 108 valence electrons. The molecule has 1 aromatic carbocycles. The molecule has 0 spiro atoms.